The minimum atomic E-state index is -0.345. The molecule has 2 rings (SSSR count). The summed E-state index contributed by atoms with van der Waals surface area (Å²) < 4.78 is 12.7. The van der Waals surface area contributed by atoms with Gasteiger partial charge >= 0.3 is 0 Å². The van der Waals surface area contributed by atoms with Crippen LogP contribution in [-0.4, -0.2) is 15.9 Å². The number of nitrogens with one attached hydrogen (secondary N) is 1. The Hall–Kier alpha value is -2.30. The molecular weight excluding hydrogens is 221 g/mol. The smallest absolute Gasteiger partial charge is 0.259 e. The van der Waals surface area contributed by atoms with E-state index >= 15 is 0 Å². The standard InChI is InChI=1S/C12H10FN3O/c1-8-11(6-14-7-15-8)12(17)16-10-4-2-9(13)3-5-10/h2-7H,1H3,(H,16,17). The van der Waals surface area contributed by atoms with E-state index in [1.54, 1.807) is 6.92 Å². The Labute approximate surface area is 97.5 Å². The van der Waals surface area contributed by atoms with Crippen molar-refractivity contribution in [2.24, 2.45) is 0 Å². The number of carbonyl (C=O) groups excluding carboxylic acids is 1. The van der Waals surface area contributed by atoms with Gasteiger partial charge in [-0.2, -0.15) is 0 Å². The van der Waals surface area contributed by atoms with Gasteiger partial charge in [0.1, 0.15) is 12.1 Å². The summed E-state index contributed by atoms with van der Waals surface area (Å²) in [5, 5.41) is 2.64. The van der Waals surface area contributed by atoms with E-state index in [2.05, 4.69) is 15.3 Å². The van der Waals surface area contributed by atoms with Crippen LogP contribution in [0, 0.1) is 12.7 Å². The van der Waals surface area contributed by atoms with Crippen molar-refractivity contribution in [1.82, 2.24) is 9.97 Å². The molecule has 0 fully saturated rings. The van der Waals surface area contributed by atoms with Gasteiger partial charge in [-0.25, -0.2) is 14.4 Å². The third-order valence-electron chi connectivity index (χ3n) is 2.26. The number of rotatable bonds is 2. The Morgan fingerprint density at radius 3 is 2.65 bits per heavy atom. The molecule has 1 N–H and O–H groups in total. The van der Waals surface area contributed by atoms with Crippen LogP contribution >= 0.6 is 0 Å². The van der Waals surface area contributed by atoms with Crippen molar-refractivity contribution in [3.05, 3.63) is 53.9 Å². The lowest BCUT2D eigenvalue weighted by Crippen LogP contribution is -2.14. The lowest BCUT2D eigenvalue weighted by atomic mass is 10.2. The molecule has 0 unspecified atom stereocenters. The fourth-order valence-electron chi connectivity index (χ4n) is 1.35. The van der Waals surface area contributed by atoms with Gasteiger partial charge in [0, 0.05) is 11.9 Å². The Kier molecular flexibility index (Phi) is 3.09. The molecule has 1 aromatic carbocycles. The first kappa shape index (κ1) is 11.2. The van der Waals surface area contributed by atoms with E-state index in [1.165, 1.54) is 36.8 Å². The molecule has 4 nitrogen and oxygen atoms in total. The van der Waals surface area contributed by atoms with E-state index in [0.717, 1.165) is 0 Å². The quantitative estimate of drug-likeness (QED) is 0.861. The van der Waals surface area contributed by atoms with E-state index < -0.39 is 0 Å². The van der Waals surface area contributed by atoms with Gasteiger partial charge in [0.25, 0.3) is 5.91 Å². The molecule has 0 bridgehead atoms. The summed E-state index contributed by atoms with van der Waals surface area (Å²) in [7, 11) is 0. The first-order chi connectivity index (χ1) is 8.16. The maximum atomic E-state index is 12.7. The fourth-order valence-corrected chi connectivity index (χ4v) is 1.35. The number of anilines is 1. The summed E-state index contributed by atoms with van der Waals surface area (Å²) in [6.07, 6.45) is 2.82. The third kappa shape index (κ3) is 2.63. The summed E-state index contributed by atoms with van der Waals surface area (Å²) in [5.74, 6) is -0.656. The summed E-state index contributed by atoms with van der Waals surface area (Å²) in [4.78, 5) is 19.5. The van der Waals surface area contributed by atoms with Crippen molar-refractivity contribution in [3.63, 3.8) is 0 Å². The molecular formula is C12H10FN3O. The molecule has 0 aliphatic rings. The maximum Gasteiger partial charge on any atom is 0.259 e. The van der Waals surface area contributed by atoms with Crippen molar-refractivity contribution < 1.29 is 9.18 Å². The van der Waals surface area contributed by atoms with Crippen molar-refractivity contribution in [2.45, 2.75) is 6.92 Å². The summed E-state index contributed by atoms with van der Waals surface area (Å²) in [6, 6.07) is 5.55. The molecule has 1 heterocycles. The predicted octanol–water partition coefficient (Wildman–Crippen LogP) is 2.18. The van der Waals surface area contributed by atoms with Crippen LogP contribution < -0.4 is 5.32 Å². The summed E-state index contributed by atoms with van der Waals surface area (Å²) in [5.41, 5.74) is 1.52. The second-order valence-corrected chi connectivity index (χ2v) is 3.48. The second-order valence-electron chi connectivity index (χ2n) is 3.48. The highest BCUT2D eigenvalue weighted by atomic mass is 19.1. The minimum Gasteiger partial charge on any atom is -0.322 e. The normalized spacial score (nSPS) is 10.0. The maximum absolute atomic E-state index is 12.7. The van der Waals surface area contributed by atoms with Gasteiger partial charge in [0.15, 0.2) is 0 Å². The van der Waals surface area contributed by atoms with Crippen LogP contribution in [0.1, 0.15) is 16.1 Å². The van der Waals surface area contributed by atoms with Crippen molar-refractivity contribution in [3.8, 4) is 0 Å². The van der Waals surface area contributed by atoms with Crippen molar-refractivity contribution in [2.75, 3.05) is 5.32 Å². The van der Waals surface area contributed by atoms with Crippen LogP contribution in [-0.2, 0) is 0 Å². The Morgan fingerprint density at radius 2 is 2.00 bits per heavy atom. The number of benzene rings is 1. The number of halogens is 1. The first-order valence-corrected chi connectivity index (χ1v) is 5.00. The Morgan fingerprint density at radius 1 is 1.29 bits per heavy atom. The number of aryl methyl sites for hydroxylation is 1. The molecule has 1 amide bonds. The highest BCUT2D eigenvalue weighted by Gasteiger charge is 2.09. The Bertz CT molecular complexity index is 540. The van der Waals surface area contributed by atoms with Gasteiger partial charge in [0.05, 0.1) is 11.3 Å². The number of hydrogen-bond acceptors (Lipinski definition) is 3. The molecule has 0 atom stereocenters. The SMILES string of the molecule is Cc1ncncc1C(=O)Nc1ccc(F)cc1. The van der Waals surface area contributed by atoms with E-state index in [4.69, 9.17) is 0 Å². The first-order valence-electron chi connectivity index (χ1n) is 5.00. The van der Waals surface area contributed by atoms with Crippen molar-refractivity contribution >= 4 is 11.6 Å². The summed E-state index contributed by atoms with van der Waals surface area (Å²) in [6.45, 7) is 1.72. The van der Waals surface area contributed by atoms with Crippen LogP contribution in [0.15, 0.2) is 36.8 Å². The van der Waals surface area contributed by atoms with Crippen LogP contribution in [0.4, 0.5) is 10.1 Å². The van der Waals surface area contributed by atoms with E-state index in [1.807, 2.05) is 0 Å². The topological polar surface area (TPSA) is 54.9 Å². The lowest BCUT2D eigenvalue weighted by molar-refractivity contribution is 0.102. The number of aromatic nitrogens is 2. The molecule has 0 aliphatic carbocycles. The average molecular weight is 231 g/mol. The molecule has 86 valence electrons. The van der Waals surface area contributed by atoms with Crippen LogP contribution in [0.25, 0.3) is 0 Å². The molecule has 0 saturated carbocycles. The van der Waals surface area contributed by atoms with Crippen LogP contribution in [0.3, 0.4) is 0 Å². The monoisotopic (exact) mass is 231 g/mol. The molecule has 0 saturated heterocycles. The summed E-state index contributed by atoms with van der Waals surface area (Å²) >= 11 is 0. The zero-order chi connectivity index (χ0) is 12.3. The number of amides is 1. The molecule has 0 radical (unpaired) electrons. The molecule has 0 spiro atoms. The van der Waals surface area contributed by atoms with E-state index in [-0.39, 0.29) is 11.7 Å². The van der Waals surface area contributed by atoms with Gasteiger partial charge in [0.2, 0.25) is 0 Å². The highest BCUT2D eigenvalue weighted by molar-refractivity contribution is 6.04. The predicted molar refractivity (Wildman–Crippen MR) is 61.1 cm³/mol. The van der Waals surface area contributed by atoms with Gasteiger partial charge in [-0.3, -0.25) is 4.79 Å². The zero-order valence-corrected chi connectivity index (χ0v) is 9.14. The fraction of sp³-hybridized carbons (Fsp3) is 0.0833. The zero-order valence-electron chi connectivity index (χ0n) is 9.14. The lowest BCUT2D eigenvalue weighted by Gasteiger charge is -2.06. The average Bonchev–Trinajstić information content (AvgIpc) is 2.32. The molecule has 2 aromatic rings. The number of nitrogens with zero attached hydrogens (tertiary/aromatic N) is 2. The Balaban J connectivity index is 2.17. The van der Waals surface area contributed by atoms with Gasteiger partial charge in [-0.1, -0.05) is 0 Å². The highest BCUT2D eigenvalue weighted by Crippen LogP contribution is 2.11. The number of carbonyl (C=O) groups is 1. The van der Waals surface area contributed by atoms with Gasteiger partial charge in [-0.05, 0) is 31.2 Å². The number of hydrogen-bond donors (Lipinski definition) is 1. The van der Waals surface area contributed by atoms with E-state index in [9.17, 15) is 9.18 Å². The molecule has 5 heteroatoms. The molecule has 17 heavy (non-hydrogen) atoms. The van der Waals surface area contributed by atoms with Gasteiger partial charge in [-0.15, -0.1) is 0 Å². The molecule has 1 aromatic heterocycles. The van der Waals surface area contributed by atoms with Crippen LogP contribution in [0.2, 0.25) is 0 Å². The van der Waals surface area contributed by atoms with E-state index in [0.29, 0.717) is 16.9 Å². The van der Waals surface area contributed by atoms with Crippen LogP contribution in [0.5, 0.6) is 0 Å². The van der Waals surface area contributed by atoms with Crippen molar-refractivity contribution in [1.29, 1.82) is 0 Å². The molecule has 0 aliphatic heterocycles. The van der Waals surface area contributed by atoms with Gasteiger partial charge < -0.3 is 5.32 Å². The minimum absolute atomic E-state index is 0.310. The largest absolute Gasteiger partial charge is 0.322 e. The third-order valence-corrected chi connectivity index (χ3v) is 2.26. The second kappa shape index (κ2) is 4.69.